The first kappa shape index (κ1) is 12.6. The minimum absolute atomic E-state index is 0.316. The summed E-state index contributed by atoms with van der Waals surface area (Å²) in [5.74, 6) is 0.885. The molecule has 0 bridgehead atoms. The maximum atomic E-state index is 5.91. The second kappa shape index (κ2) is 5.65. The predicted octanol–water partition coefficient (Wildman–Crippen LogP) is 1.63. The van der Waals surface area contributed by atoms with Gasteiger partial charge >= 0.3 is 0 Å². The number of hydrogen-bond acceptors (Lipinski definition) is 3. The van der Waals surface area contributed by atoms with Gasteiger partial charge in [-0.15, -0.1) is 0 Å². The summed E-state index contributed by atoms with van der Waals surface area (Å²) in [4.78, 5) is 2.39. The maximum Gasteiger partial charge on any atom is 0.0538 e. The first-order valence-corrected chi connectivity index (χ1v) is 6.67. The van der Waals surface area contributed by atoms with Gasteiger partial charge in [-0.1, -0.05) is 6.42 Å². The molecule has 0 radical (unpaired) electrons. The molecular weight excluding hydrogens is 212 g/mol. The van der Waals surface area contributed by atoms with E-state index < -0.39 is 0 Å². The van der Waals surface area contributed by atoms with Crippen LogP contribution in [0.1, 0.15) is 37.8 Å². The highest BCUT2D eigenvalue weighted by molar-refractivity contribution is 5.11. The summed E-state index contributed by atoms with van der Waals surface area (Å²) >= 11 is 0. The Kier molecular flexibility index (Phi) is 4.18. The third kappa shape index (κ3) is 2.87. The van der Waals surface area contributed by atoms with Gasteiger partial charge in [0.15, 0.2) is 0 Å². The highest BCUT2D eigenvalue weighted by Crippen LogP contribution is 2.29. The van der Waals surface area contributed by atoms with Crippen LogP contribution in [0.3, 0.4) is 0 Å². The molecule has 2 rings (SSSR count). The fourth-order valence-corrected chi connectivity index (χ4v) is 2.50. The highest BCUT2D eigenvalue weighted by Gasteiger charge is 2.23. The van der Waals surface area contributed by atoms with Gasteiger partial charge in [0.25, 0.3) is 0 Å². The van der Waals surface area contributed by atoms with Crippen LogP contribution in [-0.2, 0) is 6.54 Å². The molecule has 0 spiro atoms. The third-order valence-electron chi connectivity index (χ3n) is 3.89. The van der Waals surface area contributed by atoms with Crippen LogP contribution in [-0.4, -0.2) is 34.8 Å². The van der Waals surface area contributed by atoms with Crippen molar-refractivity contribution in [1.29, 1.82) is 0 Å². The average Bonchev–Trinajstić information content (AvgIpc) is 2.73. The van der Waals surface area contributed by atoms with Crippen LogP contribution >= 0.6 is 0 Å². The minimum atomic E-state index is 0.316. The molecule has 1 atom stereocenters. The summed E-state index contributed by atoms with van der Waals surface area (Å²) in [5.41, 5.74) is 7.16. The van der Waals surface area contributed by atoms with E-state index in [0.29, 0.717) is 12.6 Å². The number of aryl methyl sites for hydroxylation is 1. The minimum Gasteiger partial charge on any atom is -0.329 e. The predicted molar refractivity (Wildman–Crippen MR) is 69.7 cm³/mol. The van der Waals surface area contributed by atoms with Crippen molar-refractivity contribution in [3.63, 3.8) is 0 Å². The zero-order valence-electron chi connectivity index (χ0n) is 11.0. The van der Waals surface area contributed by atoms with E-state index in [1.165, 1.54) is 31.4 Å². The molecule has 0 amide bonds. The SMILES string of the molecule is CCn1cc(C(CN)N(C)CC2CCC2)cn1. The standard InChI is InChI=1S/C13H24N4/c1-3-17-10-12(8-15-17)13(7-14)16(2)9-11-5-4-6-11/h8,10-11,13H,3-7,9,14H2,1-2H3. The van der Waals surface area contributed by atoms with Crippen LogP contribution in [0.15, 0.2) is 12.4 Å². The van der Waals surface area contributed by atoms with E-state index in [2.05, 4.69) is 30.2 Å². The number of nitrogens with two attached hydrogens (primary N) is 1. The van der Waals surface area contributed by atoms with Crippen molar-refractivity contribution < 1.29 is 0 Å². The molecule has 1 aromatic rings. The van der Waals surface area contributed by atoms with Gasteiger partial charge in [0.1, 0.15) is 0 Å². The largest absolute Gasteiger partial charge is 0.329 e. The van der Waals surface area contributed by atoms with Crippen LogP contribution in [0, 0.1) is 5.92 Å². The normalized spacial score (nSPS) is 18.4. The van der Waals surface area contributed by atoms with Crippen molar-refractivity contribution in [3.8, 4) is 0 Å². The third-order valence-corrected chi connectivity index (χ3v) is 3.89. The van der Waals surface area contributed by atoms with E-state index in [1.807, 2.05) is 10.9 Å². The lowest BCUT2D eigenvalue weighted by atomic mass is 9.85. The van der Waals surface area contributed by atoms with E-state index in [0.717, 1.165) is 12.5 Å². The Bertz CT molecular complexity index is 343. The summed E-state index contributed by atoms with van der Waals surface area (Å²) < 4.78 is 1.97. The lowest BCUT2D eigenvalue weighted by Gasteiger charge is -2.34. The van der Waals surface area contributed by atoms with Crippen molar-refractivity contribution in [2.24, 2.45) is 11.7 Å². The Morgan fingerprint density at radius 3 is 2.82 bits per heavy atom. The van der Waals surface area contributed by atoms with Crippen LogP contribution in [0.25, 0.3) is 0 Å². The van der Waals surface area contributed by atoms with Crippen LogP contribution in [0.5, 0.6) is 0 Å². The molecule has 96 valence electrons. The smallest absolute Gasteiger partial charge is 0.0538 e. The molecule has 1 saturated carbocycles. The molecule has 1 fully saturated rings. The maximum absolute atomic E-state index is 5.91. The molecule has 1 unspecified atom stereocenters. The van der Waals surface area contributed by atoms with Gasteiger partial charge < -0.3 is 5.73 Å². The summed E-state index contributed by atoms with van der Waals surface area (Å²) in [5, 5.41) is 4.33. The van der Waals surface area contributed by atoms with E-state index in [9.17, 15) is 0 Å². The van der Waals surface area contributed by atoms with Crippen molar-refractivity contribution >= 4 is 0 Å². The quantitative estimate of drug-likeness (QED) is 0.816. The number of likely N-dealkylation sites (N-methyl/N-ethyl adjacent to an activating group) is 1. The van der Waals surface area contributed by atoms with Gasteiger partial charge in [0, 0.05) is 37.4 Å². The van der Waals surface area contributed by atoms with E-state index in [4.69, 9.17) is 5.73 Å². The zero-order valence-corrected chi connectivity index (χ0v) is 11.0. The molecule has 2 N–H and O–H groups in total. The topological polar surface area (TPSA) is 47.1 Å². The second-order valence-electron chi connectivity index (χ2n) is 5.12. The fourth-order valence-electron chi connectivity index (χ4n) is 2.50. The summed E-state index contributed by atoms with van der Waals surface area (Å²) in [6.45, 7) is 4.85. The molecule has 0 aromatic carbocycles. The van der Waals surface area contributed by atoms with E-state index >= 15 is 0 Å². The Morgan fingerprint density at radius 2 is 2.35 bits per heavy atom. The Balaban J connectivity index is 1.98. The molecule has 1 aliphatic rings. The van der Waals surface area contributed by atoms with Crippen LogP contribution in [0.4, 0.5) is 0 Å². The molecule has 1 aliphatic carbocycles. The number of hydrogen-bond donors (Lipinski definition) is 1. The van der Waals surface area contributed by atoms with Crippen LogP contribution in [0.2, 0.25) is 0 Å². The summed E-state index contributed by atoms with van der Waals surface area (Å²) in [6.07, 6.45) is 8.25. The lowest BCUT2D eigenvalue weighted by Crippen LogP contribution is -2.36. The summed E-state index contributed by atoms with van der Waals surface area (Å²) in [6, 6.07) is 0.316. The Hall–Kier alpha value is -0.870. The molecule has 4 heteroatoms. The zero-order chi connectivity index (χ0) is 12.3. The van der Waals surface area contributed by atoms with Gasteiger partial charge in [-0.2, -0.15) is 5.10 Å². The monoisotopic (exact) mass is 236 g/mol. The van der Waals surface area contributed by atoms with Crippen LogP contribution < -0.4 is 5.73 Å². The van der Waals surface area contributed by atoms with Gasteiger partial charge in [-0.05, 0) is 32.7 Å². The fraction of sp³-hybridized carbons (Fsp3) is 0.769. The molecule has 0 saturated heterocycles. The van der Waals surface area contributed by atoms with E-state index in [-0.39, 0.29) is 0 Å². The highest BCUT2D eigenvalue weighted by atomic mass is 15.3. The first-order valence-electron chi connectivity index (χ1n) is 6.67. The first-order chi connectivity index (χ1) is 8.24. The van der Waals surface area contributed by atoms with Gasteiger partial charge in [-0.25, -0.2) is 0 Å². The lowest BCUT2D eigenvalue weighted by molar-refractivity contribution is 0.165. The Morgan fingerprint density at radius 1 is 1.59 bits per heavy atom. The summed E-state index contributed by atoms with van der Waals surface area (Å²) in [7, 11) is 2.18. The number of nitrogens with zero attached hydrogens (tertiary/aromatic N) is 3. The molecule has 1 heterocycles. The number of aromatic nitrogens is 2. The van der Waals surface area contributed by atoms with Crippen molar-refractivity contribution in [1.82, 2.24) is 14.7 Å². The molecule has 1 aromatic heterocycles. The van der Waals surface area contributed by atoms with Crippen molar-refractivity contribution in [2.75, 3.05) is 20.1 Å². The molecule has 17 heavy (non-hydrogen) atoms. The Labute approximate surface area is 104 Å². The van der Waals surface area contributed by atoms with Gasteiger partial charge in [-0.3, -0.25) is 9.58 Å². The molecule has 4 nitrogen and oxygen atoms in total. The molecular formula is C13H24N4. The second-order valence-corrected chi connectivity index (χ2v) is 5.12. The van der Waals surface area contributed by atoms with E-state index in [1.54, 1.807) is 0 Å². The number of rotatable bonds is 6. The average molecular weight is 236 g/mol. The van der Waals surface area contributed by atoms with Crippen molar-refractivity contribution in [2.45, 2.75) is 38.8 Å². The van der Waals surface area contributed by atoms with Gasteiger partial charge in [0.05, 0.1) is 6.20 Å². The molecule has 0 aliphatic heterocycles. The van der Waals surface area contributed by atoms with Gasteiger partial charge in [0.2, 0.25) is 0 Å². The van der Waals surface area contributed by atoms with Crippen molar-refractivity contribution in [3.05, 3.63) is 18.0 Å².